The second-order valence-corrected chi connectivity index (χ2v) is 7.54. The van der Waals surface area contributed by atoms with Gasteiger partial charge in [0.2, 0.25) is 0 Å². The van der Waals surface area contributed by atoms with Gasteiger partial charge in [0.05, 0.1) is 6.04 Å². The maximum absolute atomic E-state index is 13.5. The summed E-state index contributed by atoms with van der Waals surface area (Å²) in [5.74, 6) is -0.859. The Labute approximate surface area is 137 Å². The SMILES string of the molecule is CCCCC(=O)C1C[C@@H](c2cc(F)cc(F)c2)CN1C(C)(C)C. The molecular formula is C19H27F2NO. The normalized spacial score (nSPS) is 22.5. The van der Waals surface area contributed by atoms with Gasteiger partial charge in [0.1, 0.15) is 17.4 Å². The Hall–Kier alpha value is -1.29. The molecule has 1 aromatic rings. The van der Waals surface area contributed by atoms with Crippen LogP contribution in [0, 0.1) is 11.6 Å². The van der Waals surface area contributed by atoms with Gasteiger partial charge in [-0.2, -0.15) is 0 Å². The van der Waals surface area contributed by atoms with Gasteiger partial charge in [-0.1, -0.05) is 13.3 Å². The summed E-state index contributed by atoms with van der Waals surface area (Å²) in [7, 11) is 0. The third kappa shape index (κ3) is 4.37. The quantitative estimate of drug-likeness (QED) is 0.784. The Balaban J connectivity index is 2.23. The molecule has 0 bridgehead atoms. The molecule has 1 aliphatic heterocycles. The van der Waals surface area contributed by atoms with Crippen LogP contribution in [0.5, 0.6) is 0 Å². The molecule has 1 aliphatic rings. The number of benzene rings is 1. The lowest BCUT2D eigenvalue weighted by atomic mass is 9.93. The van der Waals surface area contributed by atoms with Crippen LogP contribution in [0.1, 0.15) is 64.9 Å². The van der Waals surface area contributed by atoms with Crippen molar-refractivity contribution >= 4 is 5.78 Å². The van der Waals surface area contributed by atoms with Crippen molar-refractivity contribution in [2.45, 2.75) is 70.9 Å². The van der Waals surface area contributed by atoms with Crippen LogP contribution in [0.3, 0.4) is 0 Å². The predicted octanol–water partition coefficient (Wildman–Crippen LogP) is 4.68. The molecule has 2 atom stereocenters. The van der Waals surface area contributed by atoms with Gasteiger partial charge in [0.15, 0.2) is 0 Å². The topological polar surface area (TPSA) is 20.3 Å². The number of rotatable bonds is 5. The molecule has 2 rings (SSSR count). The van der Waals surface area contributed by atoms with Crippen molar-refractivity contribution in [2.24, 2.45) is 0 Å². The fourth-order valence-corrected chi connectivity index (χ4v) is 3.45. The number of hydrogen-bond donors (Lipinski definition) is 0. The van der Waals surface area contributed by atoms with E-state index < -0.39 is 11.6 Å². The highest BCUT2D eigenvalue weighted by Gasteiger charge is 2.41. The zero-order valence-electron chi connectivity index (χ0n) is 14.5. The maximum atomic E-state index is 13.5. The van der Waals surface area contributed by atoms with Crippen LogP contribution >= 0.6 is 0 Å². The molecule has 1 saturated heterocycles. The third-order valence-electron chi connectivity index (χ3n) is 4.67. The first-order valence-electron chi connectivity index (χ1n) is 8.47. The zero-order chi connectivity index (χ0) is 17.2. The van der Waals surface area contributed by atoms with E-state index in [1.807, 2.05) is 0 Å². The molecule has 1 fully saturated rings. The molecule has 0 radical (unpaired) electrons. The first-order chi connectivity index (χ1) is 10.7. The highest BCUT2D eigenvalue weighted by atomic mass is 19.1. The molecule has 1 heterocycles. The number of unbranched alkanes of at least 4 members (excludes halogenated alkanes) is 1. The van der Waals surface area contributed by atoms with Gasteiger partial charge in [0.25, 0.3) is 0 Å². The molecule has 2 nitrogen and oxygen atoms in total. The monoisotopic (exact) mass is 323 g/mol. The van der Waals surface area contributed by atoms with Crippen molar-refractivity contribution in [3.05, 3.63) is 35.4 Å². The lowest BCUT2D eigenvalue weighted by molar-refractivity contribution is -0.125. The molecule has 0 amide bonds. The molecule has 128 valence electrons. The van der Waals surface area contributed by atoms with E-state index in [9.17, 15) is 13.6 Å². The first-order valence-corrected chi connectivity index (χ1v) is 8.47. The number of carbonyl (C=O) groups is 1. The molecule has 0 saturated carbocycles. The van der Waals surface area contributed by atoms with E-state index in [0.717, 1.165) is 18.9 Å². The Kier molecular flexibility index (Phi) is 5.56. The summed E-state index contributed by atoms with van der Waals surface area (Å²) in [6.45, 7) is 8.99. The number of carbonyl (C=O) groups excluding carboxylic acids is 1. The summed E-state index contributed by atoms with van der Waals surface area (Å²) < 4.78 is 27.0. The Bertz CT molecular complexity index is 545. The molecule has 0 aliphatic carbocycles. The van der Waals surface area contributed by atoms with Crippen LogP contribution in [0.25, 0.3) is 0 Å². The van der Waals surface area contributed by atoms with E-state index in [1.54, 1.807) is 0 Å². The minimum Gasteiger partial charge on any atom is -0.298 e. The molecule has 0 aromatic heterocycles. The second kappa shape index (κ2) is 7.08. The number of halogens is 2. The zero-order valence-corrected chi connectivity index (χ0v) is 14.5. The van der Waals surface area contributed by atoms with E-state index in [1.165, 1.54) is 12.1 Å². The van der Waals surface area contributed by atoms with Crippen LogP contribution in [-0.2, 0) is 4.79 Å². The van der Waals surface area contributed by atoms with E-state index in [2.05, 4.69) is 32.6 Å². The largest absolute Gasteiger partial charge is 0.298 e. The molecule has 0 spiro atoms. The number of Topliss-reactive ketones (excluding diaryl/α,β-unsaturated/α-hetero) is 1. The molecular weight excluding hydrogens is 296 g/mol. The van der Waals surface area contributed by atoms with E-state index in [4.69, 9.17) is 0 Å². The standard InChI is InChI=1S/C19H27F2NO/c1-5-6-7-18(23)17-10-14(12-22(17)19(2,3)4)13-8-15(20)11-16(21)9-13/h8-9,11,14,17H,5-7,10,12H2,1-4H3/t14-,17?/m1/s1. The molecule has 23 heavy (non-hydrogen) atoms. The van der Waals surface area contributed by atoms with Gasteiger partial charge in [0, 0.05) is 24.6 Å². The predicted molar refractivity (Wildman–Crippen MR) is 88.5 cm³/mol. The number of likely N-dealkylation sites (tertiary alicyclic amines) is 1. The summed E-state index contributed by atoms with van der Waals surface area (Å²) in [5, 5.41) is 0. The van der Waals surface area contributed by atoms with Crippen molar-refractivity contribution in [2.75, 3.05) is 6.54 Å². The molecule has 1 unspecified atom stereocenters. The summed E-state index contributed by atoms with van der Waals surface area (Å²) in [6.07, 6.45) is 3.11. The van der Waals surface area contributed by atoms with Crippen LogP contribution in [0.15, 0.2) is 18.2 Å². The molecule has 0 N–H and O–H groups in total. The number of hydrogen-bond acceptors (Lipinski definition) is 2. The molecule has 4 heteroatoms. The van der Waals surface area contributed by atoms with Crippen molar-refractivity contribution < 1.29 is 13.6 Å². The van der Waals surface area contributed by atoms with Crippen LogP contribution in [-0.4, -0.2) is 28.8 Å². The van der Waals surface area contributed by atoms with E-state index in [-0.39, 0.29) is 23.3 Å². The average Bonchev–Trinajstić information content (AvgIpc) is 2.89. The summed E-state index contributed by atoms with van der Waals surface area (Å²) >= 11 is 0. The second-order valence-electron chi connectivity index (χ2n) is 7.54. The average molecular weight is 323 g/mol. The van der Waals surface area contributed by atoms with Gasteiger partial charge in [-0.15, -0.1) is 0 Å². The Morgan fingerprint density at radius 3 is 2.35 bits per heavy atom. The van der Waals surface area contributed by atoms with Gasteiger partial charge >= 0.3 is 0 Å². The lowest BCUT2D eigenvalue weighted by Gasteiger charge is -2.36. The lowest BCUT2D eigenvalue weighted by Crippen LogP contribution is -2.47. The fourth-order valence-electron chi connectivity index (χ4n) is 3.45. The Morgan fingerprint density at radius 2 is 1.83 bits per heavy atom. The van der Waals surface area contributed by atoms with Crippen LogP contribution in [0.4, 0.5) is 8.78 Å². The minimum absolute atomic E-state index is 0.00463. The minimum atomic E-state index is -0.553. The number of nitrogens with zero attached hydrogens (tertiary/aromatic N) is 1. The highest BCUT2D eigenvalue weighted by molar-refractivity contribution is 5.84. The van der Waals surface area contributed by atoms with E-state index in [0.29, 0.717) is 24.9 Å². The van der Waals surface area contributed by atoms with Gasteiger partial charge in [-0.25, -0.2) is 8.78 Å². The van der Waals surface area contributed by atoms with Gasteiger partial charge in [-0.05, 0) is 57.2 Å². The summed E-state index contributed by atoms with van der Waals surface area (Å²) in [4.78, 5) is 14.8. The Morgan fingerprint density at radius 1 is 1.22 bits per heavy atom. The van der Waals surface area contributed by atoms with Crippen molar-refractivity contribution in [3.8, 4) is 0 Å². The fraction of sp³-hybridized carbons (Fsp3) is 0.632. The van der Waals surface area contributed by atoms with Crippen molar-refractivity contribution in [1.29, 1.82) is 0 Å². The maximum Gasteiger partial charge on any atom is 0.150 e. The van der Waals surface area contributed by atoms with Gasteiger partial charge < -0.3 is 0 Å². The van der Waals surface area contributed by atoms with Crippen LogP contribution in [0.2, 0.25) is 0 Å². The highest BCUT2D eigenvalue weighted by Crippen LogP contribution is 2.37. The van der Waals surface area contributed by atoms with E-state index >= 15 is 0 Å². The molecule has 1 aromatic carbocycles. The third-order valence-corrected chi connectivity index (χ3v) is 4.67. The van der Waals surface area contributed by atoms with Crippen LogP contribution < -0.4 is 0 Å². The summed E-state index contributed by atoms with van der Waals surface area (Å²) in [5.41, 5.74) is 0.509. The first kappa shape index (κ1) is 18.1. The van der Waals surface area contributed by atoms with Gasteiger partial charge in [-0.3, -0.25) is 9.69 Å². The number of ketones is 1. The summed E-state index contributed by atoms with van der Waals surface area (Å²) in [6, 6.07) is 3.53. The van der Waals surface area contributed by atoms with Crippen molar-refractivity contribution in [1.82, 2.24) is 4.90 Å². The smallest absolute Gasteiger partial charge is 0.150 e. The van der Waals surface area contributed by atoms with Crippen molar-refractivity contribution in [3.63, 3.8) is 0 Å².